The maximum Gasteiger partial charge on any atom is 0.0605 e. The lowest BCUT2D eigenvalue weighted by atomic mass is 9.60. The fourth-order valence-corrected chi connectivity index (χ4v) is 7.46. The second kappa shape index (κ2) is 10.6. The van der Waals surface area contributed by atoms with Crippen LogP contribution in [0.15, 0.2) is 23.3 Å². The van der Waals surface area contributed by atoms with E-state index in [1.54, 1.807) is 5.57 Å². The van der Waals surface area contributed by atoms with Gasteiger partial charge in [-0.3, -0.25) is 0 Å². The summed E-state index contributed by atoms with van der Waals surface area (Å²) in [5.74, 6) is 2.84. The van der Waals surface area contributed by atoms with Gasteiger partial charge in [0.15, 0.2) is 0 Å². The lowest BCUT2D eigenvalue weighted by Gasteiger charge is -2.44. The number of allylic oxidation sites excluding steroid dienone is 3. The van der Waals surface area contributed by atoms with Crippen LogP contribution in [0.4, 0.5) is 0 Å². The maximum absolute atomic E-state index is 10.5. The van der Waals surface area contributed by atoms with Crippen LogP contribution in [-0.4, -0.2) is 21.9 Å². The third-order valence-corrected chi connectivity index (χ3v) is 9.22. The Balaban J connectivity index is 1.62. The van der Waals surface area contributed by atoms with E-state index >= 15 is 0 Å². The van der Waals surface area contributed by atoms with Crippen LogP contribution in [0.2, 0.25) is 0 Å². The Morgan fingerprint density at radius 3 is 2.61 bits per heavy atom. The summed E-state index contributed by atoms with van der Waals surface area (Å²) in [4.78, 5) is 0. The molecule has 178 valence electrons. The molecule has 6 atom stereocenters. The molecule has 3 aliphatic carbocycles. The summed E-state index contributed by atoms with van der Waals surface area (Å²) in [6.07, 6.45) is 20.3. The Morgan fingerprint density at radius 1 is 1.16 bits per heavy atom. The Morgan fingerprint density at radius 2 is 1.94 bits per heavy atom. The van der Waals surface area contributed by atoms with Crippen molar-refractivity contribution in [3.63, 3.8) is 0 Å². The molecule has 2 N–H and O–H groups in total. The van der Waals surface area contributed by atoms with Gasteiger partial charge < -0.3 is 10.2 Å². The fraction of sp³-hybridized carbons (Fsp3) is 0.862. The number of hydrogen-bond acceptors (Lipinski definition) is 2. The first kappa shape index (κ1) is 25.0. The van der Waals surface area contributed by atoms with Gasteiger partial charge in [-0.25, -0.2) is 0 Å². The summed E-state index contributed by atoms with van der Waals surface area (Å²) in [5, 5.41) is 20.6. The second-order valence-corrected chi connectivity index (χ2v) is 12.2. The van der Waals surface area contributed by atoms with E-state index in [9.17, 15) is 10.2 Å². The van der Waals surface area contributed by atoms with Crippen LogP contribution in [0, 0.1) is 29.1 Å². The topological polar surface area (TPSA) is 40.5 Å². The predicted octanol–water partition coefficient (Wildman–Crippen LogP) is 7.59. The van der Waals surface area contributed by atoms with Gasteiger partial charge in [0.1, 0.15) is 0 Å². The van der Waals surface area contributed by atoms with Crippen molar-refractivity contribution in [3.05, 3.63) is 23.3 Å². The zero-order valence-electron chi connectivity index (χ0n) is 21.1. The molecule has 3 rings (SSSR count). The Kier molecular flexibility index (Phi) is 8.52. The van der Waals surface area contributed by atoms with Crippen molar-refractivity contribution in [1.29, 1.82) is 0 Å². The third-order valence-electron chi connectivity index (χ3n) is 9.22. The molecular weight excluding hydrogens is 380 g/mol. The number of aliphatic hydroxyl groups excluding tert-OH is 1. The summed E-state index contributed by atoms with van der Waals surface area (Å²) >= 11 is 0. The van der Waals surface area contributed by atoms with E-state index in [4.69, 9.17) is 0 Å². The minimum Gasteiger partial charge on any atom is -0.393 e. The van der Waals surface area contributed by atoms with Gasteiger partial charge in [-0.2, -0.15) is 0 Å². The van der Waals surface area contributed by atoms with Crippen LogP contribution in [0.3, 0.4) is 0 Å². The molecule has 0 aromatic carbocycles. The number of rotatable bonds is 8. The van der Waals surface area contributed by atoms with Crippen molar-refractivity contribution in [2.45, 2.75) is 130 Å². The van der Waals surface area contributed by atoms with Gasteiger partial charge >= 0.3 is 0 Å². The maximum atomic E-state index is 10.5. The van der Waals surface area contributed by atoms with Crippen molar-refractivity contribution in [2.24, 2.45) is 29.1 Å². The van der Waals surface area contributed by atoms with E-state index in [-0.39, 0.29) is 6.10 Å². The summed E-state index contributed by atoms with van der Waals surface area (Å²) in [7, 11) is 0. The van der Waals surface area contributed by atoms with Gasteiger partial charge in [0.05, 0.1) is 11.7 Å². The molecule has 0 aromatic rings. The molecule has 5 unspecified atom stereocenters. The Labute approximate surface area is 192 Å². The highest BCUT2D eigenvalue weighted by atomic mass is 16.3. The molecule has 3 saturated carbocycles. The molecule has 2 nitrogen and oxygen atoms in total. The molecule has 2 heteroatoms. The zero-order chi connectivity index (χ0) is 22.6. The van der Waals surface area contributed by atoms with Gasteiger partial charge in [-0.15, -0.1) is 0 Å². The lowest BCUT2D eigenvalue weighted by molar-refractivity contribution is 0.0596. The quantitative estimate of drug-likeness (QED) is 0.416. The van der Waals surface area contributed by atoms with E-state index < -0.39 is 5.60 Å². The van der Waals surface area contributed by atoms with Crippen molar-refractivity contribution >= 4 is 0 Å². The zero-order valence-corrected chi connectivity index (χ0v) is 21.1. The molecule has 0 aliphatic heterocycles. The summed E-state index contributed by atoms with van der Waals surface area (Å²) in [5.41, 5.74) is 3.08. The van der Waals surface area contributed by atoms with Crippen molar-refractivity contribution in [3.8, 4) is 0 Å². The van der Waals surface area contributed by atoms with Crippen molar-refractivity contribution in [2.75, 3.05) is 0 Å². The van der Waals surface area contributed by atoms with E-state index in [1.807, 2.05) is 13.8 Å². The minimum atomic E-state index is -0.528. The van der Waals surface area contributed by atoms with Gasteiger partial charge in [-0.1, -0.05) is 63.3 Å². The van der Waals surface area contributed by atoms with Crippen LogP contribution >= 0.6 is 0 Å². The first-order valence-corrected chi connectivity index (χ1v) is 13.4. The van der Waals surface area contributed by atoms with Crippen LogP contribution in [0.5, 0.6) is 0 Å². The Bertz CT molecular complexity index is 640. The molecule has 3 fully saturated rings. The number of hydrogen-bond donors (Lipinski definition) is 2. The molecule has 0 amide bonds. The molecule has 0 radical (unpaired) electrons. The molecule has 31 heavy (non-hydrogen) atoms. The molecule has 3 aliphatic rings. The van der Waals surface area contributed by atoms with E-state index in [1.165, 1.54) is 63.4 Å². The van der Waals surface area contributed by atoms with E-state index in [0.717, 1.165) is 43.4 Å². The predicted molar refractivity (Wildman–Crippen MR) is 132 cm³/mol. The van der Waals surface area contributed by atoms with Crippen LogP contribution in [-0.2, 0) is 0 Å². The summed E-state index contributed by atoms with van der Waals surface area (Å²) < 4.78 is 0. The Hall–Kier alpha value is -0.600. The van der Waals surface area contributed by atoms with Gasteiger partial charge in [0.25, 0.3) is 0 Å². The molecule has 0 bridgehead atoms. The van der Waals surface area contributed by atoms with Gasteiger partial charge in [-0.05, 0) is 107 Å². The first-order chi connectivity index (χ1) is 14.6. The third kappa shape index (κ3) is 6.26. The fourth-order valence-electron chi connectivity index (χ4n) is 7.46. The highest BCUT2D eigenvalue weighted by molar-refractivity contribution is 5.26. The van der Waals surface area contributed by atoms with Crippen LogP contribution < -0.4 is 0 Å². The van der Waals surface area contributed by atoms with Crippen LogP contribution in [0.25, 0.3) is 0 Å². The molecule has 0 aromatic heterocycles. The highest BCUT2D eigenvalue weighted by Crippen LogP contribution is 2.60. The highest BCUT2D eigenvalue weighted by Gasteiger charge is 2.50. The number of aliphatic hydroxyl groups is 2. The summed E-state index contributed by atoms with van der Waals surface area (Å²) in [6.45, 7) is 11.2. The lowest BCUT2D eigenvalue weighted by Crippen LogP contribution is -2.36. The van der Waals surface area contributed by atoms with E-state index in [2.05, 4.69) is 32.9 Å². The second-order valence-electron chi connectivity index (χ2n) is 12.2. The summed E-state index contributed by atoms with van der Waals surface area (Å²) in [6, 6.07) is 0. The average molecular weight is 431 g/mol. The largest absolute Gasteiger partial charge is 0.393 e. The molecule has 0 saturated heterocycles. The SMILES string of the molecule is CCCC1CC/C(=C/C=C2\CCCC3(C)C2CCC3[C@H](C)CCCC(C)(C)O)CC1O. The molecular formula is C29H50O2. The average Bonchev–Trinajstić information content (AvgIpc) is 3.05. The van der Waals surface area contributed by atoms with E-state index in [0.29, 0.717) is 11.3 Å². The van der Waals surface area contributed by atoms with Crippen molar-refractivity contribution in [1.82, 2.24) is 0 Å². The number of fused-ring (bicyclic) bond motifs is 1. The smallest absolute Gasteiger partial charge is 0.0605 e. The minimum absolute atomic E-state index is 0.129. The first-order valence-electron chi connectivity index (χ1n) is 13.4. The van der Waals surface area contributed by atoms with Gasteiger partial charge in [0.2, 0.25) is 0 Å². The molecule has 0 spiro atoms. The normalized spacial score (nSPS) is 37.9. The molecule has 0 heterocycles. The van der Waals surface area contributed by atoms with Crippen molar-refractivity contribution < 1.29 is 10.2 Å². The standard InChI is InChI=1S/C29H50O2/c1-6-9-24-15-13-22(20-27(24)30)12-14-23-11-8-19-29(5)25(16-17-26(23)29)21(2)10-7-18-28(3,4)31/h12,14,21,24-27,30-31H,6-11,13,15-20H2,1-5H3/b22-12-,23-14+/t21-,24?,25?,26?,27?,29?/m1/s1. The van der Waals surface area contributed by atoms with Crippen LogP contribution in [0.1, 0.15) is 118 Å². The van der Waals surface area contributed by atoms with Gasteiger partial charge in [0, 0.05) is 0 Å². The monoisotopic (exact) mass is 430 g/mol.